The lowest BCUT2D eigenvalue weighted by Crippen LogP contribution is -2.22. The van der Waals surface area contributed by atoms with E-state index in [0.717, 1.165) is 36.4 Å². The molecule has 0 atom stereocenters. The van der Waals surface area contributed by atoms with E-state index in [-0.39, 0.29) is 22.0 Å². The number of H-pyrrole nitrogens is 1. The normalized spacial score (nSPS) is 12.1. The van der Waals surface area contributed by atoms with Crippen LogP contribution in [0.2, 0.25) is 0 Å². The summed E-state index contributed by atoms with van der Waals surface area (Å²) in [6, 6.07) is 7.94. The minimum atomic E-state index is -5.33. The highest BCUT2D eigenvalue weighted by Crippen LogP contribution is 2.38. The second kappa shape index (κ2) is 9.38. The summed E-state index contributed by atoms with van der Waals surface area (Å²) >= 11 is 0. The van der Waals surface area contributed by atoms with Crippen molar-refractivity contribution in [1.29, 1.82) is 0 Å². The molecule has 3 aromatic heterocycles. The summed E-state index contributed by atoms with van der Waals surface area (Å²) in [7, 11) is 0. The Kier molecular flexibility index (Phi) is 6.16. The van der Waals surface area contributed by atoms with Crippen molar-refractivity contribution < 1.29 is 40.3 Å². The molecule has 0 bridgehead atoms. The molecule has 0 fully saturated rings. The number of rotatable bonds is 5. The molecule has 200 valence electrons. The molecule has 9 nitrogen and oxygen atoms in total. The number of nitrogens with one attached hydrogen (secondary N) is 2. The number of nitrogens with zero attached hydrogens (tertiary/aromatic N) is 5. The van der Waals surface area contributed by atoms with Crippen LogP contribution in [-0.2, 0) is 12.4 Å². The maximum absolute atomic E-state index is 14.7. The van der Waals surface area contributed by atoms with E-state index in [4.69, 9.17) is 4.74 Å². The van der Waals surface area contributed by atoms with Gasteiger partial charge >= 0.3 is 12.4 Å². The van der Waals surface area contributed by atoms with E-state index < -0.39 is 46.7 Å². The first kappa shape index (κ1) is 25.6. The van der Waals surface area contributed by atoms with Crippen LogP contribution < -0.4 is 10.1 Å². The van der Waals surface area contributed by atoms with Gasteiger partial charge in [0.15, 0.2) is 23.0 Å². The Morgan fingerprint density at radius 2 is 1.74 bits per heavy atom. The van der Waals surface area contributed by atoms with Crippen LogP contribution in [0, 0.1) is 5.82 Å². The number of para-hydroxylation sites is 1. The Balaban J connectivity index is 1.44. The summed E-state index contributed by atoms with van der Waals surface area (Å²) in [4.78, 5) is 23.4. The Bertz CT molecular complexity index is 1690. The first-order valence-corrected chi connectivity index (χ1v) is 10.7. The number of alkyl halides is 6. The lowest BCUT2D eigenvalue weighted by Gasteiger charge is -2.15. The number of amides is 1. The van der Waals surface area contributed by atoms with E-state index in [9.17, 15) is 35.5 Å². The van der Waals surface area contributed by atoms with Gasteiger partial charge in [-0.3, -0.25) is 4.79 Å². The number of anilines is 1. The number of ether oxygens (including phenoxy) is 1. The van der Waals surface area contributed by atoms with Gasteiger partial charge in [-0.15, -0.1) is 5.10 Å². The summed E-state index contributed by atoms with van der Waals surface area (Å²) in [5, 5.41) is 8.82. The fourth-order valence-corrected chi connectivity index (χ4v) is 3.64. The van der Waals surface area contributed by atoms with E-state index in [1.807, 2.05) is 5.32 Å². The molecule has 2 N–H and O–H groups in total. The molecule has 5 rings (SSSR count). The smallest absolute Gasteiger partial charge is 0.435 e. The highest BCUT2D eigenvalue weighted by Gasteiger charge is 2.44. The molecule has 0 unspecified atom stereocenters. The SMILES string of the molecule is O=C(Nc1ccc(Oc2ncnc3[nH]ccc23)c(F)c1)c1nnn(-c2ccccc2C(F)(F)F)c1C(F)(F)F. The molecule has 5 aromatic rings. The van der Waals surface area contributed by atoms with Crippen molar-refractivity contribution in [2.24, 2.45) is 0 Å². The highest BCUT2D eigenvalue weighted by atomic mass is 19.4. The zero-order valence-corrected chi connectivity index (χ0v) is 19.0. The van der Waals surface area contributed by atoms with Crippen LogP contribution in [0.4, 0.5) is 36.4 Å². The van der Waals surface area contributed by atoms with E-state index in [1.54, 1.807) is 12.3 Å². The molecule has 0 radical (unpaired) electrons. The Hall–Kier alpha value is -5.02. The molecule has 2 aromatic carbocycles. The molecule has 0 aliphatic rings. The Morgan fingerprint density at radius 3 is 2.46 bits per heavy atom. The molecule has 39 heavy (non-hydrogen) atoms. The third kappa shape index (κ3) is 4.95. The van der Waals surface area contributed by atoms with Crippen LogP contribution in [-0.4, -0.2) is 35.9 Å². The minimum absolute atomic E-state index is 0.0162. The topological polar surface area (TPSA) is 111 Å². The lowest BCUT2D eigenvalue weighted by atomic mass is 10.1. The first-order chi connectivity index (χ1) is 18.4. The van der Waals surface area contributed by atoms with Crippen LogP contribution >= 0.6 is 0 Å². The first-order valence-electron chi connectivity index (χ1n) is 10.7. The van der Waals surface area contributed by atoms with Crippen molar-refractivity contribution in [1.82, 2.24) is 29.9 Å². The standard InChI is InChI=1S/C23H12F7N7O2/c24-14-9-11(5-6-16(14)39-21-12-7-8-31-19(12)32-10-33-21)34-20(38)17-18(23(28,29)30)37(36-35-17)15-4-2-1-3-13(15)22(25,26)27/h1-10H,(H,34,38)(H,31,32,33). The van der Waals surface area contributed by atoms with Crippen LogP contribution in [0.5, 0.6) is 11.6 Å². The molecule has 0 aliphatic heterocycles. The maximum Gasteiger partial charge on any atom is 0.435 e. The van der Waals surface area contributed by atoms with Gasteiger partial charge in [0.05, 0.1) is 16.6 Å². The number of carbonyl (C=O) groups excluding carboxylic acids is 1. The maximum atomic E-state index is 14.7. The van der Waals surface area contributed by atoms with E-state index in [0.29, 0.717) is 17.1 Å². The number of fused-ring (bicyclic) bond motifs is 1. The van der Waals surface area contributed by atoms with Crippen LogP contribution in [0.3, 0.4) is 0 Å². The van der Waals surface area contributed by atoms with Gasteiger partial charge in [0, 0.05) is 18.0 Å². The number of carbonyl (C=O) groups is 1. The van der Waals surface area contributed by atoms with Gasteiger partial charge < -0.3 is 15.0 Å². The van der Waals surface area contributed by atoms with Gasteiger partial charge in [0.25, 0.3) is 5.91 Å². The molecule has 16 heteroatoms. The van der Waals surface area contributed by atoms with E-state index >= 15 is 0 Å². The number of benzene rings is 2. The quantitative estimate of drug-likeness (QED) is 0.269. The molecular formula is C23H12F7N7O2. The Labute approximate surface area is 212 Å². The number of halogens is 7. The van der Waals surface area contributed by atoms with Crippen LogP contribution in [0.25, 0.3) is 16.7 Å². The van der Waals surface area contributed by atoms with Gasteiger partial charge in [-0.05, 0) is 30.3 Å². The fraction of sp³-hybridized carbons (Fsp3) is 0.0870. The third-order valence-electron chi connectivity index (χ3n) is 5.31. The van der Waals surface area contributed by atoms with Crippen molar-refractivity contribution in [3.63, 3.8) is 0 Å². The van der Waals surface area contributed by atoms with Gasteiger partial charge in [0.2, 0.25) is 5.88 Å². The van der Waals surface area contributed by atoms with Crippen molar-refractivity contribution in [3.8, 4) is 17.3 Å². The Morgan fingerprint density at radius 1 is 0.974 bits per heavy atom. The molecule has 3 heterocycles. The molecule has 0 saturated heterocycles. The summed E-state index contributed by atoms with van der Waals surface area (Å²) < 4.78 is 102. The second-order valence-corrected chi connectivity index (χ2v) is 7.83. The summed E-state index contributed by atoms with van der Waals surface area (Å²) in [5.74, 6) is -2.80. The zero-order chi connectivity index (χ0) is 27.9. The third-order valence-corrected chi connectivity index (χ3v) is 5.31. The van der Waals surface area contributed by atoms with Crippen molar-refractivity contribution in [3.05, 3.63) is 83.8 Å². The predicted molar refractivity (Wildman–Crippen MR) is 120 cm³/mol. The predicted octanol–water partition coefficient (Wildman–Crippen LogP) is 5.76. The number of hydrogen-bond donors (Lipinski definition) is 2. The summed E-state index contributed by atoms with van der Waals surface area (Å²) in [6.07, 6.45) is -7.61. The van der Waals surface area contributed by atoms with E-state index in [2.05, 4.69) is 25.3 Å². The zero-order valence-electron chi connectivity index (χ0n) is 19.0. The summed E-state index contributed by atoms with van der Waals surface area (Å²) in [5.41, 5.74) is -5.45. The second-order valence-electron chi connectivity index (χ2n) is 7.83. The van der Waals surface area contributed by atoms with Gasteiger partial charge in [-0.2, -0.15) is 26.3 Å². The number of hydrogen-bond acceptors (Lipinski definition) is 6. The van der Waals surface area contributed by atoms with Crippen molar-refractivity contribution >= 4 is 22.6 Å². The number of aromatic nitrogens is 6. The van der Waals surface area contributed by atoms with E-state index in [1.165, 1.54) is 6.33 Å². The molecule has 0 saturated carbocycles. The van der Waals surface area contributed by atoms with Crippen molar-refractivity contribution in [2.75, 3.05) is 5.32 Å². The molecule has 0 spiro atoms. The molecule has 0 aliphatic carbocycles. The van der Waals surface area contributed by atoms with Gasteiger partial charge in [-0.1, -0.05) is 17.3 Å². The largest absolute Gasteiger partial charge is 0.435 e. The minimum Gasteiger partial charge on any atom is -0.435 e. The average molecular weight is 551 g/mol. The lowest BCUT2D eigenvalue weighted by molar-refractivity contribution is -0.145. The van der Waals surface area contributed by atoms with Crippen LogP contribution in [0.15, 0.2) is 61.1 Å². The average Bonchev–Trinajstić information content (AvgIpc) is 3.53. The fourth-order valence-electron chi connectivity index (χ4n) is 3.64. The molecular weight excluding hydrogens is 539 g/mol. The van der Waals surface area contributed by atoms with Crippen molar-refractivity contribution in [2.45, 2.75) is 12.4 Å². The number of aromatic amines is 1. The van der Waals surface area contributed by atoms with Gasteiger partial charge in [-0.25, -0.2) is 19.0 Å². The highest BCUT2D eigenvalue weighted by molar-refractivity contribution is 6.03. The molecule has 1 amide bonds. The van der Waals surface area contributed by atoms with Gasteiger partial charge in [0.1, 0.15) is 12.0 Å². The van der Waals surface area contributed by atoms with Crippen LogP contribution in [0.1, 0.15) is 21.7 Å². The summed E-state index contributed by atoms with van der Waals surface area (Å²) in [6.45, 7) is 0. The monoisotopic (exact) mass is 551 g/mol.